The Morgan fingerprint density at radius 1 is 1.19 bits per heavy atom. The predicted molar refractivity (Wildman–Crippen MR) is 124 cm³/mol. The molecule has 8 nitrogen and oxygen atoms in total. The number of hydrogen-bond acceptors (Lipinski definition) is 8. The average Bonchev–Trinajstić information content (AvgIpc) is 3.10. The summed E-state index contributed by atoms with van der Waals surface area (Å²) in [5.74, 6) is -0.00618. The SMILES string of the molecule is CCOP(=O)(CC(=O)Nc1nc2ccc(Nc3ccc(Br)cc3CF)nc2s1)OCC. The highest BCUT2D eigenvalue weighted by molar-refractivity contribution is 9.10. The van der Waals surface area contributed by atoms with Gasteiger partial charge in [0.05, 0.1) is 13.2 Å². The first-order chi connectivity index (χ1) is 14.9. The number of amides is 1. The second kappa shape index (κ2) is 10.6. The molecule has 0 aliphatic rings. The number of hydrogen-bond donors (Lipinski definition) is 2. The van der Waals surface area contributed by atoms with Gasteiger partial charge in [-0.1, -0.05) is 27.3 Å². The largest absolute Gasteiger partial charge is 0.340 e. The molecule has 0 aliphatic carbocycles. The molecular formula is C19H21BrFN4O4PS. The molecule has 166 valence electrons. The number of pyridine rings is 1. The summed E-state index contributed by atoms with van der Waals surface area (Å²) in [5.41, 5.74) is 1.70. The van der Waals surface area contributed by atoms with Gasteiger partial charge in [-0.3, -0.25) is 9.36 Å². The van der Waals surface area contributed by atoms with Crippen LogP contribution >= 0.6 is 34.9 Å². The second-order valence-electron chi connectivity index (χ2n) is 6.25. The Bertz CT molecular complexity index is 1120. The van der Waals surface area contributed by atoms with Crippen molar-refractivity contribution in [1.82, 2.24) is 9.97 Å². The number of nitrogens with zero attached hydrogens (tertiary/aromatic N) is 2. The molecule has 0 unspecified atom stereocenters. The Morgan fingerprint density at radius 3 is 2.61 bits per heavy atom. The second-order valence-corrected chi connectivity index (χ2v) is 10.2. The van der Waals surface area contributed by atoms with Crippen molar-refractivity contribution in [2.75, 3.05) is 30.0 Å². The number of alkyl halides is 1. The molecule has 0 fully saturated rings. The summed E-state index contributed by atoms with van der Waals surface area (Å²) in [4.78, 5) is 21.7. The molecule has 2 N–H and O–H groups in total. The minimum Gasteiger partial charge on any atom is -0.340 e. The van der Waals surface area contributed by atoms with E-state index in [1.165, 1.54) is 11.3 Å². The molecule has 31 heavy (non-hydrogen) atoms. The van der Waals surface area contributed by atoms with E-state index in [1.54, 1.807) is 38.1 Å². The van der Waals surface area contributed by atoms with Crippen LogP contribution in [0.3, 0.4) is 0 Å². The summed E-state index contributed by atoms with van der Waals surface area (Å²) in [5, 5.41) is 6.04. The highest BCUT2D eigenvalue weighted by Gasteiger charge is 2.28. The quantitative estimate of drug-likeness (QED) is 0.316. The van der Waals surface area contributed by atoms with E-state index in [2.05, 4.69) is 36.5 Å². The summed E-state index contributed by atoms with van der Waals surface area (Å²) in [7, 11) is -3.50. The maximum absolute atomic E-state index is 13.3. The molecule has 0 atom stereocenters. The van der Waals surface area contributed by atoms with Gasteiger partial charge in [0.2, 0.25) is 5.91 Å². The first kappa shape index (κ1) is 23.7. The lowest BCUT2D eigenvalue weighted by atomic mass is 10.2. The molecule has 1 amide bonds. The van der Waals surface area contributed by atoms with Crippen LogP contribution < -0.4 is 10.6 Å². The first-order valence-electron chi connectivity index (χ1n) is 9.42. The number of aromatic nitrogens is 2. The van der Waals surface area contributed by atoms with Gasteiger partial charge in [-0.25, -0.2) is 14.4 Å². The van der Waals surface area contributed by atoms with Crippen molar-refractivity contribution in [1.29, 1.82) is 0 Å². The molecule has 0 bridgehead atoms. The number of thiazole rings is 1. The van der Waals surface area contributed by atoms with Crippen LogP contribution in [0.5, 0.6) is 0 Å². The van der Waals surface area contributed by atoms with E-state index in [-0.39, 0.29) is 13.2 Å². The van der Waals surface area contributed by atoms with E-state index < -0.39 is 26.3 Å². The summed E-state index contributed by atoms with van der Waals surface area (Å²) in [6.45, 7) is 3.09. The lowest BCUT2D eigenvalue weighted by Crippen LogP contribution is -2.18. The fourth-order valence-electron chi connectivity index (χ4n) is 2.73. The van der Waals surface area contributed by atoms with Gasteiger partial charge in [-0.05, 0) is 44.2 Å². The van der Waals surface area contributed by atoms with Crippen LogP contribution in [-0.2, 0) is 25.1 Å². The monoisotopic (exact) mass is 530 g/mol. The smallest absolute Gasteiger partial charge is 0.340 e. The normalized spacial score (nSPS) is 11.6. The minimum absolute atomic E-state index is 0.174. The van der Waals surface area contributed by atoms with Crippen LogP contribution in [0.2, 0.25) is 0 Å². The topological polar surface area (TPSA) is 102 Å². The molecule has 0 saturated heterocycles. The molecular weight excluding hydrogens is 510 g/mol. The maximum atomic E-state index is 13.3. The van der Waals surface area contributed by atoms with E-state index in [9.17, 15) is 13.8 Å². The van der Waals surface area contributed by atoms with Gasteiger partial charge >= 0.3 is 7.60 Å². The molecule has 3 rings (SSSR count). The van der Waals surface area contributed by atoms with E-state index >= 15 is 0 Å². The lowest BCUT2D eigenvalue weighted by Gasteiger charge is -2.15. The third kappa shape index (κ3) is 6.30. The van der Waals surface area contributed by atoms with Crippen molar-refractivity contribution in [3.05, 3.63) is 40.4 Å². The Labute approximate surface area is 191 Å². The van der Waals surface area contributed by atoms with Gasteiger partial charge in [0.15, 0.2) is 5.13 Å². The summed E-state index contributed by atoms with van der Waals surface area (Å²) in [6.07, 6.45) is -0.402. The first-order valence-corrected chi connectivity index (χ1v) is 12.8. The number of anilines is 3. The van der Waals surface area contributed by atoms with Crippen molar-refractivity contribution < 1.29 is 22.8 Å². The highest BCUT2D eigenvalue weighted by atomic mass is 79.9. The van der Waals surface area contributed by atoms with Gasteiger partial charge < -0.3 is 19.7 Å². The third-order valence-corrected chi connectivity index (χ3v) is 7.32. The van der Waals surface area contributed by atoms with Crippen LogP contribution in [0, 0.1) is 0 Å². The standard InChI is InChI=1S/C19H21BrFN4O4PS/c1-3-28-30(27,29-4-2)11-17(26)25-19-23-15-7-8-16(24-18(15)31-19)22-14-6-5-13(20)9-12(14)10-21/h5-9H,3-4,10-11H2,1-2H3,(H,22,24)(H,23,25,26). The van der Waals surface area contributed by atoms with E-state index in [4.69, 9.17) is 9.05 Å². The van der Waals surface area contributed by atoms with Gasteiger partial charge in [-0.2, -0.15) is 0 Å². The molecule has 0 aliphatic heterocycles. The highest BCUT2D eigenvalue weighted by Crippen LogP contribution is 2.47. The number of nitrogens with one attached hydrogen (secondary N) is 2. The molecule has 0 saturated carbocycles. The van der Waals surface area contributed by atoms with Crippen LogP contribution in [0.4, 0.5) is 21.0 Å². The van der Waals surface area contributed by atoms with Crippen molar-refractivity contribution in [3.8, 4) is 0 Å². The van der Waals surface area contributed by atoms with Crippen LogP contribution in [-0.4, -0.2) is 35.3 Å². The molecule has 2 heterocycles. The molecule has 2 aromatic heterocycles. The van der Waals surface area contributed by atoms with E-state index in [0.717, 1.165) is 4.47 Å². The minimum atomic E-state index is -3.50. The summed E-state index contributed by atoms with van der Waals surface area (Å²) < 4.78 is 36.9. The number of fused-ring (bicyclic) bond motifs is 1. The van der Waals surface area contributed by atoms with E-state index in [0.29, 0.717) is 32.5 Å². The Kier molecular flexibility index (Phi) is 8.12. The number of carbonyl (C=O) groups is 1. The number of halogens is 2. The summed E-state index contributed by atoms with van der Waals surface area (Å²) in [6, 6.07) is 8.73. The Hall–Kier alpha value is -1.91. The number of carbonyl (C=O) groups excluding carboxylic acids is 1. The zero-order valence-corrected chi connectivity index (χ0v) is 20.2. The van der Waals surface area contributed by atoms with E-state index in [1.807, 2.05) is 6.07 Å². The maximum Gasteiger partial charge on any atom is 0.340 e. The number of rotatable bonds is 10. The molecule has 12 heteroatoms. The van der Waals surface area contributed by atoms with Crippen molar-refractivity contribution >= 4 is 67.8 Å². The van der Waals surface area contributed by atoms with Crippen LogP contribution in [0.1, 0.15) is 19.4 Å². The number of benzene rings is 1. The van der Waals surface area contributed by atoms with Crippen molar-refractivity contribution in [2.24, 2.45) is 0 Å². The van der Waals surface area contributed by atoms with Crippen LogP contribution in [0.15, 0.2) is 34.8 Å². The molecule has 0 spiro atoms. The Morgan fingerprint density at radius 2 is 1.94 bits per heavy atom. The Balaban J connectivity index is 1.74. The van der Waals surface area contributed by atoms with Gasteiger partial charge in [-0.15, -0.1) is 0 Å². The zero-order valence-electron chi connectivity index (χ0n) is 16.9. The van der Waals surface area contributed by atoms with Crippen molar-refractivity contribution in [3.63, 3.8) is 0 Å². The lowest BCUT2D eigenvalue weighted by molar-refractivity contribution is -0.114. The van der Waals surface area contributed by atoms with Gasteiger partial charge in [0.1, 0.15) is 29.0 Å². The fraction of sp³-hybridized carbons (Fsp3) is 0.316. The predicted octanol–water partition coefficient (Wildman–Crippen LogP) is 5.87. The van der Waals surface area contributed by atoms with Gasteiger partial charge in [0.25, 0.3) is 0 Å². The zero-order chi connectivity index (χ0) is 22.4. The fourth-order valence-corrected chi connectivity index (χ4v) is 5.47. The average molecular weight is 531 g/mol. The third-order valence-electron chi connectivity index (χ3n) is 3.96. The van der Waals surface area contributed by atoms with Gasteiger partial charge in [0, 0.05) is 15.7 Å². The van der Waals surface area contributed by atoms with Crippen molar-refractivity contribution in [2.45, 2.75) is 20.5 Å². The molecule has 3 aromatic rings. The molecule has 1 aromatic carbocycles. The van der Waals surface area contributed by atoms with Crippen LogP contribution in [0.25, 0.3) is 10.3 Å². The summed E-state index contributed by atoms with van der Waals surface area (Å²) >= 11 is 4.50. The molecule has 0 radical (unpaired) electrons.